The lowest BCUT2D eigenvalue weighted by atomic mass is 10.3. The molecule has 82 valence electrons. The number of carbonyl (C=O) groups excluding carboxylic acids is 1. The number of anilines is 1. The Morgan fingerprint density at radius 1 is 1.38 bits per heavy atom. The second kappa shape index (κ2) is 4.71. The van der Waals surface area contributed by atoms with Crippen molar-refractivity contribution >= 4 is 38.3 Å². The Hall–Kier alpha value is -1.27. The number of halogens is 1. The maximum Gasteiger partial charge on any atom is 0.259 e. The number of pyridine rings is 1. The highest BCUT2D eigenvalue weighted by molar-refractivity contribution is 9.10. The van der Waals surface area contributed by atoms with Crippen LogP contribution in [0.1, 0.15) is 15.2 Å². The van der Waals surface area contributed by atoms with E-state index in [-0.39, 0.29) is 5.91 Å². The summed E-state index contributed by atoms with van der Waals surface area (Å²) in [6.45, 7) is 1.94. The second-order valence-electron chi connectivity index (χ2n) is 3.10. The number of hydrogen-bond donors (Lipinski definition) is 1. The molecule has 0 bridgehead atoms. The normalized spacial score (nSPS) is 10.1. The van der Waals surface area contributed by atoms with Crippen LogP contribution in [-0.2, 0) is 0 Å². The second-order valence-corrected chi connectivity index (χ2v) is 5.15. The van der Waals surface area contributed by atoms with Gasteiger partial charge in [-0.2, -0.15) is 0 Å². The van der Waals surface area contributed by atoms with Crippen LogP contribution >= 0.6 is 27.3 Å². The Morgan fingerprint density at radius 3 is 2.75 bits per heavy atom. The summed E-state index contributed by atoms with van der Waals surface area (Å²) in [6, 6.07) is 3.43. The van der Waals surface area contributed by atoms with Gasteiger partial charge in [0.05, 0.1) is 5.56 Å². The zero-order valence-electron chi connectivity index (χ0n) is 8.40. The third-order valence-corrected chi connectivity index (χ3v) is 3.13. The fraction of sp³-hybridized carbons (Fsp3) is 0.100. The zero-order chi connectivity index (χ0) is 11.5. The minimum atomic E-state index is -0.200. The molecule has 1 amide bonds. The van der Waals surface area contributed by atoms with Gasteiger partial charge in [-0.3, -0.25) is 10.1 Å². The summed E-state index contributed by atoms with van der Waals surface area (Å²) in [6.07, 6.45) is 3.24. The van der Waals surface area contributed by atoms with Crippen molar-refractivity contribution in [1.82, 2.24) is 9.97 Å². The lowest BCUT2D eigenvalue weighted by molar-refractivity contribution is 0.102. The van der Waals surface area contributed by atoms with Crippen molar-refractivity contribution in [2.75, 3.05) is 5.32 Å². The zero-order valence-corrected chi connectivity index (χ0v) is 10.8. The highest BCUT2D eigenvalue weighted by Crippen LogP contribution is 2.17. The molecule has 0 radical (unpaired) electrons. The Balaban J connectivity index is 2.11. The number of thiazole rings is 1. The fourth-order valence-electron chi connectivity index (χ4n) is 1.09. The number of aryl methyl sites for hydroxylation is 1. The summed E-state index contributed by atoms with van der Waals surface area (Å²) < 4.78 is 0.703. The number of hydrogen-bond acceptors (Lipinski definition) is 4. The first-order valence-corrected chi connectivity index (χ1v) is 6.11. The van der Waals surface area contributed by atoms with Gasteiger partial charge in [-0.25, -0.2) is 9.97 Å². The van der Waals surface area contributed by atoms with Gasteiger partial charge in [0, 0.05) is 17.3 Å². The molecular weight excluding hydrogens is 290 g/mol. The number of aromatic nitrogens is 2. The molecule has 0 atom stereocenters. The predicted molar refractivity (Wildman–Crippen MR) is 66.7 cm³/mol. The van der Waals surface area contributed by atoms with Gasteiger partial charge in [-0.05, 0) is 35.0 Å². The van der Waals surface area contributed by atoms with Gasteiger partial charge in [-0.15, -0.1) is 11.3 Å². The quantitative estimate of drug-likeness (QED) is 0.867. The molecule has 2 rings (SSSR count). The third kappa shape index (κ3) is 2.65. The van der Waals surface area contributed by atoms with Crippen molar-refractivity contribution in [3.05, 3.63) is 39.6 Å². The van der Waals surface area contributed by atoms with E-state index in [1.165, 1.54) is 17.5 Å². The van der Waals surface area contributed by atoms with Crippen LogP contribution < -0.4 is 5.32 Å². The predicted octanol–water partition coefficient (Wildman–Crippen LogP) is 2.86. The number of nitrogens with one attached hydrogen (secondary N) is 1. The molecule has 2 aromatic heterocycles. The molecule has 0 unspecified atom stereocenters. The van der Waals surface area contributed by atoms with Crippen LogP contribution in [0.3, 0.4) is 0 Å². The minimum absolute atomic E-state index is 0.200. The van der Waals surface area contributed by atoms with Crippen LogP contribution in [-0.4, -0.2) is 15.9 Å². The first-order chi connectivity index (χ1) is 7.65. The molecule has 2 heterocycles. The molecule has 1 N–H and O–H groups in total. The third-order valence-electron chi connectivity index (χ3n) is 1.83. The summed E-state index contributed by atoms with van der Waals surface area (Å²) in [4.78, 5) is 20.8. The van der Waals surface area contributed by atoms with Crippen LogP contribution in [0, 0.1) is 6.92 Å². The maximum absolute atomic E-state index is 11.7. The van der Waals surface area contributed by atoms with Crippen LogP contribution in [0.25, 0.3) is 0 Å². The maximum atomic E-state index is 11.7. The number of amides is 1. The highest BCUT2D eigenvalue weighted by Gasteiger charge is 2.08. The molecule has 0 aliphatic carbocycles. The van der Waals surface area contributed by atoms with Crippen molar-refractivity contribution < 1.29 is 4.79 Å². The van der Waals surface area contributed by atoms with Crippen molar-refractivity contribution in [2.24, 2.45) is 0 Å². The molecule has 0 aliphatic rings. The van der Waals surface area contributed by atoms with Gasteiger partial charge in [0.25, 0.3) is 5.91 Å². The number of nitrogens with zero attached hydrogens (tertiary/aromatic N) is 2. The van der Waals surface area contributed by atoms with Crippen LogP contribution in [0.15, 0.2) is 29.1 Å². The van der Waals surface area contributed by atoms with E-state index in [9.17, 15) is 4.79 Å². The summed E-state index contributed by atoms with van der Waals surface area (Å²) >= 11 is 4.65. The number of rotatable bonds is 2. The van der Waals surface area contributed by atoms with Crippen molar-refractivity contribution in [3.8, 4) is 0 Å². The molecule has 0 aromatic carbocycles. The molecule has 6 heteroatoms. The van der Waals surface area contributed by atoms with Gasteiger partial charge in [0.1, 0.15) is 4.60 Å². The fourth-order valence-corrected chi connectivity index (χ4v) is 1.99. The molecule has 0 fully saturated rings. The largest absolute Gasteiger partial charge is 0.298 e. The van der Waals surface area contributed by atoms with E-state index in [0.29, 0.717) is 15.3 Å². The summed E-state index contributed by atoms with van der Waals surface area (Å²) in [7, 11) is 0. The Bertz CT molecular complexity index is 509. The Kier molecular flexibility index (Phi) is 3.31. The monoisotopic (exact) mass is 297 g/mol. The molecule has 0 saturated heterocycles. The van der Waals surface area contributed by atoms with Crippen LogP contribution in [0.4, 0.5) is 5.13 Å². The average molecular weight is 298 g/mol. The van der Waals surface area contributed by atoms with E-state index in [1.807, 2.05) is 6.92 Å². The van der Waals surface area contributed by atoms with Crippen molar-refractivity contribution in [2.45, 2.75) is 6.92 Å². The van der Waals surface area contributed by atoms with E-state index in [4.69, 9.17) is 0 Å². The van der Waals surface area contributed by atoms with E-state index in [1.54, 1.807) is 18.3 Å². The van der Waals surface area contributed by atoms with Crippen molar-refractivity contribution in [1.29, 1.82) is 0 Å². The average Bonchev–Trinajstić information content (AvgIpc) is 2.65. The summed E-state index contributed by atoms with van der Waals surface area (Å²) in [5.41, 5.74) is 0.510. The minimum Gasteiger partial charge on any atom is -0.298 e. The molecule has 0 saturated carbocycles. The van der Waals surface area contributed by atoms with E-state index < -0.39 is 0 Å². The van der Waals surface area contributed by atoms with E-state index in [2.05, 4.69) is 31.2 Å². The molecular formula is C10H8BrN3OS. The highest BCUT2D eigenvalue weighted by atomic mass is 79.9. The van der Waals surface area contributed by atoms with Crippen molar-refractivity contribution in [3.63, 3.8) is 0 Å². The molecule has 16 heavy (non-hydrogen) atoms. The van der Waals surface area contributed by atoms with Crippen LogP contribution in [0.5, 0.6) is 0 Å². The SMILES string of the molecule is Cc1cnc(NC(=O)c2ccc(Br)nc2)s1. The van der Waals surface area contributed by atoms with E-state index in [0.717, 1.165) is 4.88 Å². The van der Waals surface area contributed by atoms with Crippen LogP contribution in [0.2, 0.25) is 0 Å². The molecule has 2 aromatic rings. The van der Waals surface area contributed by atoms with E-state index >= 15 is 0 Å². The molecule has 0 spiro atoms. The van der Waals surface area contributed by atoms with Gasteiger partial charge >= 0.3 is 0 Å². The number of carbonyl (C=O) groups is 1. The van der Waals surface area contributed by atoms with Gasteiger partial charge < -0.3 is 0 Å². The topological polar surface area (TPSA) is 54.9 Å². The molecule has 0 aliphatic heterocycles. The molecule has 4 nitrogen and oxygen atoms in total. The van der Waals surface area contributed by atoms with Gasteiger partial charge in [0.15, 0.2) is 5.13 Å². The van der Waals surface area contributed by atoms with Gasteiger partial charge in [-0.1, -0.05) is 0 Å². The first kappa shape index (κ1) is 11.2. The summed E-state index contributed by atoms with van der Waals surface area (Å²) in [5, 5.41) is 3.31. The van der Waals surface area contributed by atoms with Gasteiger partial charge in [0.2, 0.25) is 0 Å². The Labute approximate surface area is 105 Å². The summed E-state index contributed by atoms with van der Waals surface area (Å²) in [5.74, 6) is -0.200. The lowest BCUT2D eigenvalue weighted by Crippen LogP contribution is -2.11. The smallest absolute Gasteiger partial charge is 0.259 e. The first-order valence-electron chi connectivity index (χ1n) is 4.50. The lowest BCUT2D eigenvalue weighted by Gasteiger charge is -2.00. The standard InChI is InChI=1S/C10H8BrN3OS/c1-6-4-13-10(16-6)14-9(15)7-2-3-8(11)12-5-7/h2-5H,1H3,(H,13,14,15). The Morgan fingerprint density at radius 2 is 2.19 bits per heavy atom.